The molecule has 0 spiro atoms. The fraction of sp³-hybridized carbons (Fsp3) is 0. The van der Waals surface area contributed by atoms with E-state index in [1.165, 1.54) is 12.1 Å². The van der Waals surface area contributed by atoms with Crippen molar-refractivity contribution >= 4 is 80.3 Å². The first-order valence-corrected chi connectivity index (χ1v) is 16.7. The second-order valence-corrected chi connectivity index (χ2v) is 13.1. The Morgan fingerprint density at radius 3 is 1.62 bits per heavy atom. The summed E-state index contributed by atoms with van der Waals surface area (Å²) >= 11 is 0. The zero-order chi connectivity index (χ0) is 33.1. The maximum atomic E-state index is 16.1. The van der Waals surface area contributed by atoms with Gasteiger partial charge in [0.25, 0.3) is 13.4 Å². The third kappa shape index (κ3) is 3.76. The molecule has 0 saturated carbocycles. The monoisotopic (exact) mass is 648 g/mol. The summed E-state index contributed by atoms with van der Waals surface area (Å²) in [6.07, 6.45) is 0. The van der Waals surface area contributed by atoms with Crippen molar-refractivity contribution < 1.29 is 18.3 Å². The van der Waals surface area contributed by atoms with Gasteiger partial charge in [-0.2, -0.15) is 0 Å². The Morgan fingerprint density at radius 2 is 0.920 bits per heavy atom. The molecular weight excluding hydrogens is 624 g/mol. The van der Waals surface area contributed by atoms with Gasteiger partial charge in [-0.15, -0.1) is 0 Å². The SMILES string of the molecule is Fc1cc2c3c(c1)Oc1cc4c(cc1B3c1ccccc1O2)B1c2ccccc2N(c2ccccc2)c2cc(F)cc(c21)N4c1ccccc1. The van der Waals surface area contributed by atoms with Crippen LogP contribution >= 0.6 is 0 Å². The largest absolute Gasteiger partial charge is 0.458 e. The predicted molar refractivity (Wildman–Crippen MR) is 198 cm³/mol. The van der Waals surface area contributed by atoms with Gasteiger partial charge in [0.2, 0.25) is 0 Å². The molecule has 7 aromatic carbocycles. The molecule has 7 aromatic rings. The van der Waals surface area contributed by atoms with Gasteiger partial charge < -0.3 is 19.3 Å². The zero-order valence-corrected chi connectivity index (χ0v) is 26.5. The van der Waals surface area contributed by atoms with Gasteiger partial charge in [0.15, 0.2) is 0 Å². The number of hydrogen-bond acceptors (Lipinski definition) is 4. The number of halogens is 2. The van der Waals surface area contributed by atoms with Gasteiger partial charge >= 0.3 is 0 Å². The number of rotatable bonds is 2. The van der Waals surface area contributed by atoms with Gasteiger partial charge in [0.05, 0.1) is 0 Å². The number of ether oxygens (including phenoxy) is 2. The van der Waals surface area contributed by atoms with E-state index >= 15 is 8.78 Å². The van der Waals surface area contributed by atoms with Gasteiger partial charge in [0, 0.05) is 57.8 Å². The minimum atomic E-state index is -0.428. The van der Waals surface area contributed by atoms with Crippen LogP contribution < -0.4 is 52.1 Å². The van der Waals surface area contributed by atoms with Crippen LogP contribution in [0.15, 0.2) is 146 Å². The summed E-state index contributed by atoms with van der Waals surface area (Å²) < 4.78 is 44.0. The highest BCUT2D eigenvalue weighted by Crippen LogP contribution is 2.45. The zero-order valence-electron chi connectivity index (χ0n) is 26.5. The fourth-order valence-electron chi connectivity index (χ4n) is 8.53. The minimum Gasteiger partial charge on any atom is -0.458 e. The maximum Gasteiger partial charge on any atom is 0.260 e. The van der Waals surface area contributed by atoms with E-state index < -0.39 is 5.82 Å². The molecule has 234 valence electrons. The topological polar surface area (TPSA) is 24.9 Å². The Morgan fingerprint density at radius 1 is 0.380 bits per heavy atom. The summed E-state index contributed by atoms with van der Waals surface area (Å²) in [7, 11) is 0. The summed E-state index contributed by atoms with van der Waals surface area (Å²) in [6, 6.07) is 47.1. The van der Waals surface area contributed by atoms with Crippen LogP contribution in [0.3, 0.4) is 0 Å². The number of fused-ring (bicyclic) bond motifs is 8. The summed E-state index contributed by atoms with van der Waals surface area (Å²) in [5.41, 5.74) is 11.3. The standard InChI is InChI=1S/C42H24B2F2N2O2/c45-25-19-35-41-36(20-25)48(28-13-5-2-6-14-28)34-24-38-32(44-30-16-8-10-18-37(30)49-39-21-26(46)22-40(50-38)42(39)44)23-31(34)43(41)29-15-7-9-17-33(29)47(35)27-11-3-1-4-12-27/h1-24H. The molecule has 0 radical (unpaired) electrons. The third-order valence-corrected chi connectivity index (χ3v) is 10.4. The number of benzene rings is 7. The quantitative estimate of drug-likeness (QED) is 0.193. The van der Waals surface area contributed by atoms with Crippen molar-refractivity contribution in [3.63, 3.8) is 0 Å². The lowest BCUT2D eigenvalue weighted by atomic mass is 9.31. The van der Waals surface area contributed by atoms with E-state index in [2.05, 4.69) is 58.3 Å². The average Bonchev–Trinajstić information content (AvgIpc) is 3.14. The van der Waals surface area contributed by atoms with Crippen molar-refractivity contribution in [2.24, 2.45) is 0 Å². The molecule has 0 aromatic heterocycles. The molecule has 11 rings (SSSR count). The van der Waals surface area contributed by atoms with Crippen LogP contribution in [0, 0.1) is 11.6 Å². The second-order valence-electron chi connectivity index (χ2n) is 13.1. The fourth-order valence-corrected chi connectivity index (χ4v) is 8.53. The summed E-state index contributed by atoms with van der Waals surface area (Å²) in [6.45, 7) is -0.445. The van der Waals surface area contributed by atoms with Crippen LogP contribution in [0.5, 0.6) is 23.0 Å². The van der Waals surface area contributed by atoms with Crippen molar-refractivity contribution in [3.05, 3.63) is 157 Å². The molecule has 0 saturated heterocycles. The molecule has 4 aliphatic rings. The van der Waals surface area contributed by atoms with Crippen LogP contribution in [0.1, 0.15) is 0 Å². The predicted octanol–water partition coefficient (Wildman–Crippen LogP) is 6.78. The molecule has 0 fully saturated rings. The Kier molecular flexibility index (Phi) is 5.60. The van der Waals surface area contributed by atoms with E-state index in [4.69, 9.17) is 9.47 Å². The first kappa shape index (κ1) is 27.7. The summed E-state index contributed by atoms with van der Waals surface area (Å²) in [5, 5.41) is 0. The summed E-state index contributed by atoms with van der Waals surface area (Å²) in [5.74, 6) is 1.47. The van der Waals surface area contributed by atoms with Crippen LogP contribution in [-0.4, -0.2) is 13.4 Å². The van der Waals surface area contributed by atoms with E-state index in [9.17, 15) is 0 Å². The number of hydrogen-bond donors (Lipinski definition) is 0. The molecule has 0 N–H and O–H groups in total. The van der Waals surface area contributed by atoms with Crippen LogP contribution in [-0.2, 0) is 0 Å². The molecule has 4 heterocycles. The lowest BCUT2D eigenvalue weighted by molar-refractivity contribution is 0.455. The Balaban J connectivity index is 1.24. The van der Waals surface area contributed by atoms with Crippen LogP contribution in [0.2, 0.25) is 0 Å². The third-order valence-electron chi connectivity index (χ3n) is 10.4. The second kappa shape index (κ2) is 10.1. The Hall–Kier alpha value is -6.27. The van der Waals surface area contributed by atoms with Crippen molar-refractivity contribution in [1.29, 1.82) is 0 Å². The molecule has 0 unspecified atom stereocenters. The number of para-hydroxylation sites is 4. The van der Waals surface area contributed by atoms with Gasteiger partial charge in [0.1, 0.15) is 34.6 Å². The molecule has 0 atom stereocenters. The lowest BCUT2D eigenvalue weighted by Crippen LogP contribution is -2.64. The van der Waals surface area contributed by atoms with Crippen molar-refractivity contribution in [1.82, 2.24) is 0 Å². The molecule has 8 heteroatoms. The van der Waals surface area contributed by atoms with Gasteiger partial charge in [-0.05, 0) is 75.8 Å². The molecule has 0 bridgehead atoms. The lowest BCUT2D eigenvalue weighted by Gasteiger charge is -2.44. The average molecular weight is 648 g/mol. The molecule has 4 aliphatic heterocycles. The van der Waals surface area contributed by atoms with Gasteiger partial charge in [-0.1, -0.05) is 78.9 Å². The van der Waals surface area contributed by atoms with E-state index in [-0.39, 0.29) is 19.2 Å². The molecule has 50 heavy (non-hydrogen) atoms. The van der Waals surface area contributed by atoms with Crippen LogP contribution in [0.4, 0.5) is 42.9 Å². The van der Waals surface area contributed by atoms with Gasteiger partial charge in [-0.3, -0.25) is 0 Å². The number of anilines is 6. The van der Waals surface area contributed by atoms with Gasteiger partial charge in [-0.25, -0.2) is 8.78 Å². The maximum absolute atomic E-state index is 16.1. The first-order valence-electron chi connectivity index (χ1n) is 16.7. The van der Waals surface area contributed by atoms with Crippen molar-refractivity contribution in [3.8, 4) is 23.0 Å². The smallest absolute Gasteiger partial charge is 0.260 e. The molecular formula is C42H24B2F2N2O2. The summed E-state index contributed by atoms with van der Waals surface area (Å²) in [4.78, 5) is 4.31. The van der Waals surface area contributed by atoms with E-state index in [0.717, 1.165) is 66.9 Å². The van der Waals surface area contributed by atoms with E-state index in [0.29, 0.717) is 23.0 Å². The Labute approximate surface area is 287 Å². The molecule has 0 amide bonds. The first-order chi connectivity index (χ1) is 24.6. The minimum absolute atomic E-state index is 0.207. The van der Waals surface area contributed by atoms with Crippen molar-refractivity contribution in [2.45, 2.75) is 0 Å². The highest BCUT2D eigenvalue weighted by Gasteiger charge is 2.47. The van der Waals surface area contributed by atoms with E-state index in [1.54, 1.807) is 12.1 Å². The van der Waals surface area contributed by atoms with Crippen molar-refractivity contribution in [2.75, 3.05) is 9.80 Å². The van der Waals surface area contributed by atoms with E-state index in [1.807, 2.05) is 72.8 Å². The normalized spacial score (nSPS) is 14.0. The van der Waals surface area contributed by atoms with Crippen LogP contribution in [0.25, 0.3) is 0 Å². The Bertz CT molecular complexity index is 2570. The highest BCUT2D eigenvalue weighted by atomic mass is 19.1. The number of nitrogens with zero attached hydrogens (tertiary/aromatic N) is 2. The molecule has 4 nitrogen and oxygen atoms in total. The molecule has 0 aliphatic carbocycles. The highest BCUT2D eigenvalue weighted by molar-refractivity contribution is 7.02.